The maximum Gasteiger partial charge on any atom is 0 e. The summed E-state index contributed by atoms with van der Waals surface area (Å²) in [7, 11) is 0. The van der Waals surface area contributed by atoms with Crippen LogP contribution in [0.2, 0.25) is 0 Å². The average Bonchev–Trinajstić information content (AvgIpc) is 2.38. The third kappa shape index (κ3) is 20.8. The molecule has 22 heavy (non-hydrogen) atoms. The first-order valence-electron chi connectivity index (χ1n) is 7.55. The van der Waals surface area contributed by atoms with Crippen LogP contribution in [0, 0.1) is 0 Å². The molecule has 0 N–H and O–H groups in total. The second-order valence-electron chi connectivity index (χ2n) is 4.69. The molecule has 2 radical (unpaired) electrons. The van der Waals surface area contributed by atoms with E-state index in [4.69, 9.17) is 50.5 Å². The molecule has 0 fully saturated rings. The van der Waals surface area contributed by atoms with E-state index in [9.17, 15) is 0 Å². The maximum absolute atomic E-state index is 4.97. The first-order chi connectivity index (χ1) is 9.44. The van der Waals surface area contributed by atoms with Gasteiger partial charge in [0, 0.05) is 44.8 Å². The SMILES string of the molecule is CCCN(CCC)C([S-])[S-].CCCN(CCC)C([S-])[S-].[Au].[Au]. The van der Waals surface area contributed by atoms with Crippen molar-refractivity contribution in [3.8, 4) is 0 Å². The number of hydrogen-bond donors (Lipinski definition) is 0. The van der Waals surface area contributed by atoms with Gasteiger partial charge in [0.2, 0.25) is 0 Å². The Kier molecular flexibility index (Phi) is 35.1. The van der Waals surface area contributed by atoms with E-state index in [1.54, 1.807) is 0 Å². The van der Waals surface area contributed by atoms with E-state index in [0.717, 1.165) is 51.9 Å². The molecule has 0 aromatic rings. The third-order valence-corrected chi connectivity index (χ3v) is 3.83. The summed E-state index contributed by atoms with van der Waals surface area (Å²) in [5.74, 6) is 0. The van der Waals surface area contributed by atoms with Crippen molar-refractivity contribution in [1.82, 2.24) is 9.80 Å². The van der Waals surface area contributed by atoms with Crippen LogP contribution in [-0.2, 0) is 95.3 Å². The van der Waals surface area contributed by atoms with Gasteiger partial charge in [0.1, 0.15) is 0 Å². The van der Waals surface area contributed by atoms with E-state index in [1.807, 2.05) is 0 Å². The predicted octanol–water partition coefficient (Wildman–Crippen LogP) is 2.97. The minimum Gasteiger partial charge on any atom is -0.800 e. The van der Waals surface area contributed by atoms with Gasteiger partial charge in [-0.2, -0.15) is 0 Å². The first-order valence-corrected chi connectivity index (χ1v) is 9.44. The summed E-state index contributed by atoms with van der Waals surface area (Å²) in [6.45, 7) is 12.8. The zero-order valence-corrected chi connectivity index (χ0v) is 21.5. The molecule has 0 aliphatic rings. The predicted molar refractivity (Wildman–Crippen MR) is 101 cm³/mol. The Balaban J connectivity index is -0.000000135. The minimum absolute atomic E-state index is 0. The summed E-state index contributed by atoms with van der Waals surface area (Å²) in [5.41, 5.74) is 0. The fraction of sp³-hybridized carbons (Fsp3) is 1.00. The van der Waals surface area contributed by atoms with E-state index >= 15 is 0 Å². The molecular weight excluding hydrogens is 718 g/mol. The van der Waals surface area contributed by atoms with Gasteiger partial charge in [-0.05, 0) is 51.9 Å². The van der Waals surface area contributed by atoms with Gasteiger partial charge in [-0.1, -0.05) is 27.7 Å². The monoisotopic (exact) mass is 748 g/mol. The van der Waals surface area contributed by atoms with E-state index < -0.39 is 0 Å². The topological polar surface area (TPSA) is 6.48 Å². The molecule has 0 aliphatic heterocycles. The molecule has 0 atom stereocenters. The van der Waals surface area contributed by atoms with Crippen LogP contribution in [0.1, 0.15) is 53.4 Å². The third-order valence-electron chi connectivity index (χ3n) is 2.64. The van der Waals surface area contributed by atoms with Crippen molar-refractivity contribution in [3.05, 3.63) is 0 Å². The second-order valence-corrected chi connectivity index (χ2v) is 7.07. The molecule has 0 bridgehead atoms. The van der Waals surface area contributed by atoms with Crippen LogP contribution in [0.15, 0.2) is 0 Å². The van der Waals surface area contributed by atoms with Gasteiger partial charge in [-0.25, -0.2) is 9.41 Å². The quantitative estimate of drug-likeness (QED) is 0.249. The van der Waals surface area contributed by atoms with Gasteiger partial charge >= 0.3 is 0 Å². The van der Waals surface area contributed by atoms with Crippen LogP contribution in [-0.4, -0.2) is 45.4 Å². The van der Waals surface area contributed by atoms with Gasteiger partial charge in [-0.15, -0.1) is 0 Å². The molecule has 8 heteroatoms. The summed E-state index contributed by atoms with van der Waals surface area (Å²) in [6, 6.07) is 0. The Morgan fingerprint density at radius 1 is 0.545 bits per heavy atom. The minimum atomic E-state index is -0.111. The number of rotatable bonds is 10. The number of hydrogen-bond acceptors (Lipinski definition) is 6. The van der Waals surface area contributed by atoms with Gasteiger partial charge in [-0.3, -0.25) is 0 Å². The van der Waals surface area contributed by atoms with Crippen LogP contribution in [0.25, 0.3) is 0 Å². The summed E-state index contributed by atoms with van der Waals surface area (Å²) in [4.78, 5) is 4.31. The molecule has 0 saturated heterocycles. The summed E-state index contributed by atoms with van der Waals surface area (Å²) >= 11 is 19.9. The largest absolute Gasteiger partial charge is 0.800 e. The first kappa shape index (κ1) is 32.5. The van der Waals surface area contributed by atoms with Crippen LogP contribution < -0.4 is 0 Å². The summed E-state index contributed by atoms with van der Waals surface area (Å²) in [6.07, 6.45) is 4.57. The normalized spacial score (nSPS) is 10.4. The molecule has 0 spiro atoms. The van der Waals surface area contributed by atoms with Gasteiger partial charge < -0.3 is 60.3 Å². The fourth-order valence-electron chi connectivity index (χ4n) is 1.79. The molecule has 0 aromatic heterocycles. The fourth-order valence-corrected chi connectivity index (χ4v) is 2.64. The molecule has 0 aromatic carbocycles. The van der Waals surface area contributed by atoms with Crippen LogP contribution in [0.5, 0.6) is 0 Å². The Hall–Kier alpha value is 2.80. The Morgan fingerprint density at radius 2 is 0.727 bits per heavy atom. The Morgan fingerprint density at radius 3 is 0.818 bits per heavy atom. The second kappa shape index (κ2) is 23.8. The van der Waals surface area contributed by atoms with E-state index in [2.05, 4.69) is 37.5 Å². The van der Waals surface area contributed by atoms with E-state index in [-0.39, 0.29) is 54.2 Å². The molecular formula is C14H30Au2N2S4-4. The molecule has 0 rings (SSSR count). The maximum atomic E-state index is 4.97. The smallest absolute Gasteiger partial charge is 0 e. The molecule has 0 heterocycles. The van der Waals surface area contributed by atoms with Crippen LogP contribution >= 0.6 is 0 Å². The zero-order chi connectivity index (χ0) is 16.0. The van der Waals surface area contributed by atoms with Crippen molar-refractivity contribution < 1.29 is 44.8 Å². The van der Waals surface area contributed by atoms with Gasteiger partial charge in [0.05, 0.1) is 0 Å². The molecule has 146 valence electrons. The van der Waals surface area contributed by atoms with Crippen LogP contribution in [0.3, 0.4) is 0 Å². The number of nitrogens with zero attached hydrogens (tertiary/aromatic N) is 2. The molecule has 0 saturated carbocycles. The van der Waals surface area contributed by atoms with Crippen molar-refractivity contribution in [2.24, 2.45) is 0 Å². The molecule has 0 amide bonds. The van der Waals surface area contributed by atoms with Crippen LogP contribution in [0.4, 0.5) is 0 Å². The Bertz CT molecular complexity index is 170. The van der Waals surface area contributed by atoms with E-state index in [1.165, 1.54) is 0 Å². The Labute approximate surface area is 192 Å². The van der Waals surface area contributed by atoms with Gasteiger partial charge in [0.25, 0.3) is 0 Å². The van der Waals surface area contributed by atoms with Crippen molar-refractivity contribution in [3.63, 3.8) is 0 Å². The van der Waals surface area contributed by atoms with Crippen molar-refractivity contribution in [2.75, 3.05) is 26.2 Å². The van der Waals surface area contributed by atoms with Crippen molar-refractivity contribution in [1.29, 1.82) is 0 Å². The molecule has 0 unspecified atom stereocenters. The van der Waals surface area contributed by atoms with Crippen molar-refractivity contribution >= 4 is 50.5 Å². The summed E-state index contributed by atoms with van der Waals surface area (Å²) in [5, 5.41) is 0. The van der Waals surface area contributed by atoms with Crippen molar-refractivity contribution in [2.45, 2.75) is 62.8 Å². The summed E-state index contributed by atoms with van der Waals surface area (Å²) < 4.78 is -0.222. The average molecular weight is 749 g/mol. The standard InChI is InChI=1S/2C7H17NS2.2Au/c2*1-3-5-8(6-4-2)7(9)10;;/h2*7,9-10H,3-6H2,1-2H3;;/p-4. The molecule has 0 aliphatic carbocycles. The molecule has 2 nitrogen and oxygen atoms in total. The zero-order valence-electron chi connectivity index (χ0n) is 13.9. The van der Waals surface area contributed by atoms with E-state index in [0.29, 0.717) is 0 Å². The van der Waals surface area contributed by atoms with Gasteiger partial charge in [0.15, 0.2) is 0 Å².